The molecule has 88 valence electrons. The number of rotatable bonds is 4. The maximum Gasteiger partial charge on any atom is 0.0438 e. The lowest BCUT2D eigenvalue weighted by Crippen LogP contribution is -2.23. The molecule has 16 heavy (non-hydrogen) atoms. The molecule has 1 aromatic carbocycles. The quantitative estimate of drug-likeness (QED) is 0.836. The van der Waals surface area contributed by atoms with Gasteiger partial charge in [-0.15, -0.1) is 0 Å². The van der Waals surface area contributed by atoms with Crippen LogP contribution in [-0.4, -0.2) is 6.54 Å². The molecule has 2 heteroatoms. The van der Waals surface area contributed by atoms with Gasteiger partial charge in [-0.05, 0) is 48.9 Å². The fraction of sp³-hybridized carbons (Fsp3) is 0.571. The predicted octanol–water partition coefficient (Wildman–Crippen LogP) is 3.96. The zero-order chi connectivity index (χ0) is 11.7. The summed E-state index contributed by atoms with van der Waals surface area (Å²) >= 11 is 6.19. The number of hydrogen-bond donors (Lipinski definition) is 1. The summed E-state index contributed by atoms with van der Waals surface area (Å²) in [6, 6.07) is 6.93. The highest BCUT2D eigenvalue weighted by atomic mass is 35.5. The van der Waals surface area contributed by atoms with E-state index in [0.717, 1.165) is 29.0 Å². The SMILES string of the molecule is CCNC(c1ccc(C)c(Cl)c1)C1CC1C. The fourth-order valence-electron chi connectivity index (χ4n) is 2.35. The predicted molar refractivity (Wildman–Crippen MR) is 69.9 cm³/mol. The summed E-state index contributed by atoms with van der Waals surface area (Å²) in [5.74, 6) is 1.64. The lowest BCUT2D eigenvalue weighted by molar-refractivity contribution is 0.476. The number of hydrogen-bond acceptors (Lipinski definition) is 1. The second-order valence-electron chi connectivity index (χ2n) is 4.92. The third-order valence-corrected chi connectivity index (χ3v) is 3.99. The van der Waals surface area contributed by atoms with E-state index in [9.17, 15) is 0 Å². The molecule has 0 aliphatic heterocycles. The molecule has 1 fully saturated rings. The maximum atomic E-state index is 6.19. The Kier molecular flexibility index (Phi) is 3.56. The van der Waals surface area contributed by atoms with Gasteiger partial charge in [0.25, 0.3) is 0 Å². The van der Waals surface area contributed by atoms with Gasteiger partial charge in [0, 0.05) is 11.1 Å². The minimum absolute atomic E-state index is 0.484. The van der Waals surface area contributed by atoms with Gasteiger partial charge in [0.2, 0.25) is 0 Å². The van der Waals surface area contributed by atoms with E-state index in [0.29, 0.717) is 6.04 Å². The standard InChI is InChI=1S/C14H20ClN/c1-4-16-14(12-7-10(12)3)11-6-5-9(2)13(15)8-11/h5-6,8,10,12,14,16H,4,7H2,1-3H3. The first kappa shape index (κ1) is 11.9. The molecule has 0 bridgehead atoms. The Hall–Kier alpha value is -0.530. The van der Waals surface area contributed by atoms with Crippen molar-refractivity contribution in [3.63, 3.8) is 0 Å². The van der Waals surface area contributed by atoms with Crippen LogP contribution in [0.3, 0.4) is 0 Å². The highest BCUT2D eigenvalue weighted by Crippen LogP contribution is 2.47. The highest BCUT2D eigenvalue weighted by Gasteiger charge is 2.39. The summed E-state index contributed by atoms with van der Waals surface area (Å²) in [4.78, 5) is 0. The van der Waals surface area contributed by atoms with Gasteiger partial charge in [0.05, 0.1) is 0 Å². The van der Waals surface area contributed by atoms with Crippen LogP contribution < -0.4 is 5.32 Å². The van der Waals surface area contributed by atoms with Gasteiger partial charge in [-0.3, -0.25) is 0 Å². The molecule has 0 amide bonds. The topological polar surface area (TPSA) is 12.0 Å². The van der Waals surface area contributed by atoms with E-state index in [-0.39, 0.29) is 0 Å². The molecular weight excluding hydrogens is 218 g/mol. The lowest BCUT2D eigenvalue weighted by Gasteiger charge is -2.19. The molecule has 1 aliphatic rings. The summed E-state index contributed by atoms with van der Waals surface area (Å²) in [7, 11) is 0. The molecule has 0 radical (unpaired) electrons. The largest absolute Gasteiger partial charge is 0.310 e. The van der Waals surface area contributed by atoms with Crippen molar-refractivity contribution in [2.75, 3.05) is 6.54 Å². The minimum Gasteiger partial charge on any atom is -0.310 e. The average molecular weight is 238 g/mol. The van der Waals surface area contributed by atoms with Crippen LogP contribution in [0.4, 0.5) is 0 Å². The second kappa shape index (κ2) is 4.77. The zero-order valence-electron chi connectivity index (χ0n) is 10.3. The van der Waals surface area contributed by atoms with Gasteiger partial charge in [0.1, 0.15) is 0 Å². The first-order chi connectivity index (χ1) is 7.63. The molecule has 0 saturated heterocycles. The van der Waals surface area contributed by atoms with Crippen molar-refractivity contribution in [3.05, 3.63) is 34.3 Å². The Balaban J connectivity index is 2.21. The van der Waals surface area contributed by atoms with Gasteiger partial charge >= 0.3 is 0 Å². The van der Waals surface area contributed by atoms with Crippen LogP contribution in [0.25, 0.3) is 0 Å². The van der Waals surface area contributed by atoms with Gasteiger partial charge in [-0.1, -0.05) is 37.6 Å². The van der Waals surface area contributed by atoms with Crippen LogP contribution in [-0.2, 0) is 0 Å². The maximum absolute atomic E-state index is 6.19. The second-order valence-corrected chi connectivity index (χ2v) is 5.33. The molecule has 3 unspecified atom stereocenters. The van der Waals surface area contributed by atoms with Crippen LogP contribution in [0.5, 0.6) is 0 Å². The van der Waals surface area contributed by atoms with Crippen LogP contribution in [0, 0.1) is 18.8 Å². The number of nitrogens with one attached hydrogen (secondary N) is 1. The number of halogens is 1. The van der Waals surface area contributed by atoms with Crippen LogP contribution in [0.2, 0.25) is 5.02 Å². The van der Waals surface area contributed by atoms with E-state index in [1.54, 1.807) is 0 Å². The van der Waals surface area contributed by atoms with Gasteiger partial charge < -0.3 is 5.32 Å². The molecular formula is C14H20ClN. The van der Waals surface area contributed by atoms with E-state index < -0.39 is 0 Å². The smallest absolute Gasteiger partial charge is 0.0438 e. The monoisotopic (exact) mass is 237 g/mol. The first-order valence-corrected chi connectivity index (χ1v) is 6.50. The van der Waals surface area contributed by atoms with Gasteiger partial charge in [-0.25, -0.2) is 0 Å². The molecule has 1 aromatic rings. The third-order valence-electron chi connectivity index (χ3n) is 3.58. The minimum atomic E-state index is 0.484. The molecule has 0 heterocycles. The molecule has 0 spiro atoms. The van der Waals surface area contributed by atoms with Crippen molar-refractivity contribution in [1.29, 1.82) is 0 Å². The van der Waals surface area contributed by atoms with Crippen molar-refractivity contribution in [1.82, 2.24) is 5.32 Å². The summed E-state index contributed by atoms with van der Waals surface area (Å²) in [5.41, 5.74) is 2.50. The fourth-order valence-corrected chi connectivity index (χ4v) is 2.54. The molecule has 1 N–H and O–H groups in total. The van der Waals surface area contributed by atoms with Gasteiger partial charge in [0.15, 0.2) is 0 Å². The van der Waals surface area contributed by atoms with E-state index >= 15 is 0 Å². The van der Waals surface area contributed by atoms with Crippen LogP contribution in [0.15, 0.2) is 18.2 Å². The number of aryl methyl sites for hydroxylation is 1. The molecule has 1 saturated carbocycles. The molecule has 1 nitrogen and oxygen atoms in total. The van der Waals surface area contributed by atoms with Gasteiger partial charge in [-0.2, -0.15) is 0 Å². The van der Waals surface area contributed by atoms with E-state index in [1.165, 1.54) is 12.0 Å². The van der Waals surface area contributed by atoms with Crippen molar-refractivity contribution < 1.29 is 0 Å². The first-order valence-electron chi connectivity index (χ1n) is 6.13. The Labute approximate surface area is 103 Å². The normalized spacial score (nSPS) is 25.5. The molecule has 3 atom stereocenters. The third kappa shape index (κ3) is 2.41. The Morgan fingerprint density at radius 1 is 1.50 bits per heavy atom. The van der Waals surface area contributed by atoms with Crippen LogP contribution in [0.1, 0.15) is 37.4 Å². The van der Waals surface area contributed by atoms with E-state index in [2.05, 4.69) is 37.4 Å². The van der Waals surface area contributed by atoms with E-state index in [1.807, 2.05) is 6.92 Å². The summed E-state index contributed by atoms with van der Waals surface area (Å²) in [6.07, 6.45) is 1.34. The highest BCUT2D eigenvalue weighted by molar-refractivity contribution is 6.31. The summed E-state index contributed by atoms with van der Waals surface area (Å²) in [5, 5.41) is 4.46. The molecule has 1 aliphatic carbocycles. The Morgan fingerprint density at radius 2 is 2.19 bits per heavy atom. The number of benzene rings is 1. The van der Waals surface area contributed by atoms with E-state index in [4.69, 9.17) is 11.6 Å². The van der Waals surface area contributed by atoms with Crippen molar-refractivity contribution in [3.8, 4) is 0 Å². The summed E-state index contributed by atoms with van der Waals surface area (Å²) < 4.78 is 0. The van der Waals surface area contributed by atoms with Crippen molar-refractivity contribution in [2.45, 2.75) is 33.2 Å². The average Bonchev–Trinajstić information content (AvgIpc) is 2.96. The lowest BCUT2D eigenvalue weighted by atomic mass is 10.00. The Morgan fingerprint density at radius 3 is 2.69 bits per heavy atom. The van der Waals surface area contributed by atoms with Crippen molar-refractivity contribution in [2.24, 2.45) is 11.8 Å². The summed E-state index contributed by atoms with van der Waals surface area (Å²) in [6.45, 7) is 7.55. The Bertz CT molecular complexity index is 375. The van der Waals surface area contributed by atoms with Crippen LogP contribution >= 0.6 is 11.6 Å². The molecule has 2 rings (SSSR count). The molecule has 0 aromatic heterocycles. The zero-order valence-corrected chi connectivity index (χ0v) is 11.0. The van der Waals surface area contributed by atoms with Crippen molar-refractivity contribution >= 4 is 11.6 Å².